The zero-order valence-electron chi connectivity index (χ0n) is 14.4. The maximum atomic E-state index is 11.2. The monoisotopic (exact) mass is 332 g/mol. The number of ether oxygens (including phenoxy) is 4. The van der Waals surface area contributed by atoms with E-state index in [1.165, 1.54) is 13.8 Å². The Kier molecular flexibility index (Phi) is 7.94. The number of hydrogen-bond donors (Lipinski definition) is 1. The van der Waals surface area contributed by atoms with E-state index in [0.717, 1.165) is 0 Å². The molecule has 0 bridgehead atoms. The van der Waals surface area contributed by atoms with Gasteiger partial charge in [0, 0.05) is 20.3 Å². The highest BCUT2D eigenvalue weighted by Gasteiger charge is 2.34. The summed E-state index contributed by atoms with van der Waals surface area (Å²) < 4.78 is 21.7. The van der Waals surface area contributed by atoms with E-state index in [0.29, 0.717) is 32.1 Å². The summed E-state index contributed by atoms with van der Waals surface area (Å²) in [7, 11) is 0. The SMILES string of the molecule is CCC(O)(CC)O[C@@H]1CC[C@@H](COC(C)=O)OC(OC(C)=O)C1. The minimum absolute atomic E-state index is 0.103. The molecule has 0 aromatic rings. The molecule has 1 aliphatic heterocycles. The fourth-order valence-electron chi connectivity index (χ4n) is 2.47. The summed E-state index contributed by atoms with van der Waals surface area (Å²) >= 11 is 0. The standard InChI is InChI=1S/C16H28O7/c1-5-16(19,6-2)23-13-7-8-14(10-20-11(3)17)22-15(9-13)21-12(4)18/h13-15,19H,5-10H2,1-4H3/t13-,14+,15?/m1/s1. The van der Waals surface area contributed by atoms with Gasteiger partial charge in [-0.2, -0.15) is 0 Å². The average molecular weight is 332 g/mol. The van der Waals surface area contributed by atoms with Gasteiger partial charge >= 0.3 is 11.9 Å². The highest BCUT2D eigenvalue weighted by atomic mass is 16.7. The Bertz CT molecular complexity index is 392. The van der Waals surface area contributed by atoms with Crippen molar-refractivity contribution in [2.45, 2.75) is 84.1 Å². The Labute approximate surface area is 137 Å². The second-order valence-corrected chi connectivity index (χ2v) is 5.81. The molecule has 7 nitrogen and oxygen atoms in total. The highest BCUT2D eigenvalue weighted by molar-refractivity contribution is 5.66. The number of rotatable bonds is 7. The molecule has 0 amide bonds. The minimum Gasteiger partial charge on any atom is -0.463 e. The summed E-state index contributed by atoms with van der Waals surface area (Å²) in [6.07, 6.45) is 1.02. The highest BCUT2D eigenvalue weighted by Crippen LogP contribution is 2.28. The van der Waals surface area contributed by atoms with Crippen LogP contribution in [0, 0.1) is 0 Å². The van der Waals surface area contributed by atoms with E-state index in [9.17, 15) is 14.7 Å². The number of carbonyl (C=O) groups excluding carboxylic acids is 2. The lowest BCUT2D eigenvalue weighted by Gasteiger charge is -2.31. The summed E-state index contributed by atoms with van der Waals surface area (Å²) in [5.41, 5.74) is 0. The Morgan fingerprint density at radius 1 is 1.17 bits per heavy atom. The molecule has 1 fully saturated rings. The van der Waals surface area contributed by atoms with Crippen molar-refractivity contribution in [3.8, 4) is 0 Å². The van der Waals surface area contributed by atoms with Crippen LogP contribution in [0.15, 0.2) is 0 Å². The van der Waals surface area contributed by atoms with Gasteiger partial charge < -0.3 is 24.1 Å². The summed E-state index contributed by atoms with van der Waals surface area (Å²) in [6, 6.07) is 0. The molecular formula is C16H28O7. The van der Waals surface area contributed by atoms with Crippen LogP contribution in [0.5, 0.6) is 0 Å². The molecule has 7 heteroatoms. The third-order valence-corrected chi connectivity index (χ3v) is 3.87. The number of esters is 2. The zero-order valence-corrected chi connectivity index (χ0v) is 14.4. The van der Waals surface area contributed by atoms with Crippen LogP contribution in [0.1, 0.15) is 59.8 Å². The Balaban J connectivity index is 2.71. The molecule has 1 N–H and O–H groups in total. The van der Waals surface area contributed by atoms with E-state index in [2.05, 4.69) is 0 Å². The average Bonchev–Trinajstić information content (AvgIpc) is 2.66. The quantitative estimate of drug-likeness (QED) is 0.562. The Morgan fingerprint density at radius 3 is 2.35 bits per heavy atom. The molecule has 0 radical (unpaired) electrons. The molecule has 23 heavy (non-hydrogen) atoms. The number of aliphatic hydroxyl groups is 1. The van der Waals surface area contributed by atoms with Gasteiger partial charge in [-0.15, -0.1) is 0 Å². The van der Waals surface area contributed by atoms with Crippen molar-refractivity contribution in [1.29, 1.82) is 0 Å². The van der Waals surface area contributed by atoms with Gasteiger partial charge in [-0.1, -0.05) is 13.8 Å². The van der Waals surface area contributed by atoms with Gasteiger partial charge in [0.1, 0.15) is 6.61 Å². The second-order valence-electron chi connectivity index (χ2n) is 5.81. The molecule has 0 saturated carbocycles. The predicted octanol–water partition coefficient (Wildman–Crippen LogP) is 1.90. The van der Waals surface area contributed by atoms with E-state index in [-0.39, 0.29) is 24.8 Å². The molecule has 1 aliphatic rings. The molecule has 1 saturated heterocycles. The molecule has 0 aliphatic carbocycles. The molecule has 3 atom stereocenters. The Morgan fingerprint density at radius 2 is 1.83 bits per heavy atom. The van der Waals surface area contributed by atoms with Crippen LogP contribution in [0.25, 0.3) is 0 Å². The van der Waals surface area contributed by atoms with Crippen molar-refractivity contribution in [2.75, 3.05) is 6.61 Å². The van der Waals surface area contributed by atoms with Crippen LogP contribution in [0.3, 0.4) is 0 Å². The van der Waals surface area contributed by atoms with Gasteiger partial charge in [-0.05, 0) is 25.7 Å². The molecule has 134 valence electrons. The van der Waals surface area contributed by atoms with Gasteiger partial charge in [-0.25, -0.2) is 0 Å². The van der Waals surface area contributed by atoms with Crippen LogP contribution in [0.4, 0.5) is 0 Å². The number of carbonyl (C=O) groups is 2. The third kappa shape index (κ3) is 7.28. The molecule has 1 unspecified atom stereocenters. The van der Waals surface area contributed by atoms with Crippen LogP contribution >= 0.6 is 0 Å². The first-order chi connectivity index (χ1) is 10.8. The first-order valence-corrected chi connectivity index (χ1v) is 8.14. The van der Waals surface area contributed by atoms with Crippen molar-refractivity contribution < 1.29 is 33.6 Å². The largest absolute Gasteiger partial charge is 0.463 e. The van der Waals surface area contributed by atoms with Gasteiger partial charge in [0.2, 0.25) is 6.29 Å². The minimum atomic E-state index is -1.19. The lowest BCUT2D eigenvalue weighted by atomic mass is 10.1. The number of hydrogen-bond acceptors (Lipinski definition) is 7. The van der Waals surface area contributed by atoms with E-state index in [1.54, 1.807) is 0 Å². The van der Waals surface area contributed by atoms with Crippen LogP contribution in [-0.2, 0) is 28.5 Å². The van der Waals surface area contributed by atoms with E-state index in [1.807, 2.05) is 13.8 Å². The first kappa shape index (κ1) is 19.9. The van der Waals surface area contributed by atoms with Crippen LogP contribution in [0.2, 0.25) is 0 Å². The molecule has 0 spiro atoms. The topological polar surface area (TPSA) is 91.3 Å². The predicted molar refractivity (Wildman–Crippen MR) is 81.3 cm³/mol. The van der Waals surface area contributed by atoms with Crippen LogP contribution in [-0.4, -0.2) is 47.9 Å². The van der Waals surface area contributed by atoms with Gasteiger partial charge in [0.05, 0.1) is 12.2 Å². The summed E-state index contributed by atoms with van der Waals surface area (Å²) in [6.45, 7) is 6.44. The van der Waals surface area contributed by atoms with Crippen molar-refractivity contribution in [3.63, 3.8) is 0 Å². The van der Waals surface area contributed by atoms with E-state index in [4.69, 9.17) is 18.9 Å². The smallest absolute Gasteiger partial charge is 0.304 e. The molecular weight excluding hydrogens is 304 g/mol. The maximum Gasteiger partial charge on any atom is 0.304 e. The third-order valence-electron chi connectivity index (χ3n) is 3.87. The second kappa shape index (κ2) is 9.20. The fraction of sp³-hybridized carbons (Fsp3) is 0.875. The summed E-state index contributed by atoms with van der Waals surface area (Å²) in [4.78, 5) is 22.2. The van der Waals surface area contributed by atoms with E-state index >= 15 is 0 Å². The normalized spacial score (nSPS) is 25.5. The van der Waals surface area contributed by atoms with Crippen molar-refractivity contribution in [2.24, 2.45) is 0 Å². The molecule has 1 rings (SSSR count). The van der Waals surface area contributed by atoms with Gasteiger partial charge in [0.15, 0.2) is 5.79 Å². The lowest BCUT2D eigenvalue weighted by molar-refractivity contribution is -0.245. The maximum absolute atomic E-state index is 11.2. The van der Waals surface area contributed by atoms with Gasteiger partial charge in [-0.3, -0.25) is 9.59 Å². The van der Waals surface area contributed by atoms with Crippen molar-refractivity contribution >= 4 is 11.9 Å². The van der Waals surface area contributed by atoms with Crippen LogP contribution < -0.4 is 0 Å². The van der Waals surface area contributed by atoms with E-state index < -0.39 is 18.0 Å². The molecule has 0 aromatic heterocycles. The summed E-state index contributed by atoms with van der Waals surface area (Å²) in [5.74, 6) is -2.04. The van der Waals surface area contributed by atoms with Crippen molar-refractivity contribution in [1.82, 2.24) is 0 Å². The molecule has 0 aromatic carbocycles. The molecule has 1 heterocycles. The Hall–Kier alpha value is -1.18. The summed E-state index contributed by atoms with van der Waals surface area (Å²) in [5, 5.41) is 10.3. The fourth-order valence-corrected chi connectivity index (χ4v) is 2.47. The van der Waals surface area contributed by atoms with Crippen molar-refractivity contribution in [3.05, 3.63) is 0 Å². The lowest BCUT2D eigenvalue weighted by Crippen LogP contribution is -2.37. The first-order valence-electron chi connectivity index (χ1n) is 8.14. The zero-order chi connectivity index (χ0) is 17.5. The van der Waals surface area contributed by atoms with Gasteiger partial charge in [0.25, 0.3) is 0 Å².